The number of likely N-dealkylation sites (N-methyl/N-ethyl adjacent to an activating group) is 1. The van der Waals surface area contributed by atoms with Gasteiger partial charge in [0.15, 0.2) is 11.7 Å². The zero-order chi connectivity index (χ0) is 22.9. The predicted molar refractivity (Wildman–Crippen MR) is 129 cm³/mol. The summed E-state index contributed by atoms with van der Waals surface area (Å²) in [5.74, 6) is 2.04. The van der Waals surface area contributed by atoms with Gasteiger partial charge < -0.3 is 19.1 Å². The van der Waals surface area contributed by atoms with Crippen LogP contribution >= 0.6 is 11.3 Å². The first-order valence-corrected chi connectivity index (χ1v) is 11.7. The number of aromatic nitrogens is 1. The lowest BCUT2D eigenvalue weighted by Crippen LogP contribution is -2.41. The molecule has 0 saturated carbocycles. The fraction of sp³-hybridized carbons (Fsp3) is 0.417. The number of ether oxygens (including phenoxy) is 3. The second-order valence-electron chi connectivity index (χ2n) is 7.10. The summed E-state index contributed by atoms with van der Waals surface area (Å²) in [5.41, 5.74) is 0.846. The Kier molecular flexibility index (Phi) is 8.70. The minimum Gasteiger partial charge on any atom is -0.497 e. The van der Waals surface area contributed by atoms with Gasteiger partial charge >= 0.3 is 0 Å². The molecular weight excluding hydrogens is 426 g/mol. The van der Waals surface area contributed by atoms with E-state index in [2.05, 4.69) is 18.7 Å². The molecule has 0 radical (unpaired) electrons. The Hall–Kier alpha value is -2.84. The highest BCUT2D eigenvalue weighted by molar-refractivity contribution is 7.22. The van der Waals surface area contributed by atoms with Crippen molar-refractivity contribution in [2.24, 2.45) is 0 Å². The normalized spacial score (nSPS) is 11.0. The van der Waals surface area contributed by atoms with Crippen LogP contribution in [0.25, 0.3) is 10.2 Å². The fourth-order valence-corrected chi connectivity index (χ4v) is 4.30. The van der Waals surface area contributed by atoms with Gasteiger partial charge in [-0.05, 0) is 62.5 Å². The van der Waals surface area contributed by atoms with Gasteiger partial charge in [0.25, 0.3) is 5.91 Å². The molecule has 172 valence electrons. The van der Waals surface area contributed by atoms with Gasteiger partial charge in [-0.15, -0.1) is 0 Å². The standard InChI is InChI=1S/C24H31N3O4S/c1-5-26(6-2)14-15-27(24-25-21-13-12-20(29-4)16-22(21)32-24)23(28)17-31-19-10-8-18(9-11-19)30-7-3/h8-13,16H,5-7,14-15,17H2,1-4H3. The topological polar surface area (TPSA) is 64.1 Å². The molecule has 1 amide bonds. The van der Waals surface area contributed by atoms with Gasteiger partial charge in [0.2, 0.25) is 0 Å². The maximum Gasteiger partial charge on any atom is 0.266 e. The van der Waals surface area contributed by atoms with Gasteiger partial charge in [0, 0.05) is 13.1 Å². The molecule has 2 aromatic carbocycles. The van der Waals surface area contributed by atoms with Crippen molar-refractivity contribution < 1.29 is 19.0 Å². The van der Waals surface area contributed by atoms with Crippen molar-refractivity contribution in [3.05, 3.63) is 42.5 Å². The number of carbonyl (C=O) groups excluding carboxylic acids is 1. The van der Waals surface area contributed by atoms with Crippen molar-refractivity contribution in [3.63, 3.8) is 0 Å². The van der Waals surface area contributed by atoms with Gasteiger partial charge in [-0.25, -0.2) is 4.98 Å². The maximum atomic E-state index is 13.2. The van der Waals surface area contributed by atoms with Crippen LogP contribution in [-0.4, -0.2) is 62.3 Å². The molecule has 8 heteroatoms. The molecular formula is C24H31N3O4S. The number of anilines is 1. The Balaban J connectivity index is 1.76. The Labute approximate surface area is 193 Å². The van der Waals surface area contributed by atoms with E-state index in [-0.39, 0.29) is 12.5 Å². The zero-order valence-corrected chi connectivity index (χ0v) is 20.0. The number of carbonyl (C=O) groups is 1. The molecule has 0 aliphatic carbocycles. The number of thiazole rings is 1. The average molecular weight is 458 g/mol. The molecule has 0 aliphatic rings. The summed E-state index contributed by atoms with van der Waals surface area (Å²) in [6, 6.07) is 13.0. The van der Waals surface area contributed by atoms with Crippen molar-refractivity contribution in [3.8, 4) is 17.2 Å². The van der Waals surface area contributed by atoms with Crippen LogP contribution in [0.2, 0.25) is 0 Å². The summed E-state index contributed by atoms with van der Waals surface area (Å²) in [4.78, 5) is 21.9. The van der Waals surface area contributed by atoms with E-state index in [1.54, 1.807) is 12.0 Å². The number of hydrogen-bond donors (Lipinski definition) is 0. The highest BCUT2D eigenvalue weighted by Gasteiger charge is 2.21. The van der Waals surface area contributed by atoms with Gasteiger partial charge in [-0.3, -0.25) is 9.69 Å². The smallest absolute Gasteiger partial charge is 0.266 e. The molecule has 32 heavy (non-hydrogen) atoms. The van der Waals surface area contributed by atoms with E-state index in [1.807, 2.05) is 49.4 Å². The van der Waals surface area contributed by atoms with E-state index in [4.69, 9.17) is 19.2 Å². The van der Waals surface area contributed by atoms with E-state index in [9.17, 15) is 4.79 Å². The van der Waals surface area contributed by atoms with E-state index < -0.39 is 0 Å². The minimum atomic E-state index is -0.128. The van der Waals surface area contributed by atoms with Crippen LogP contribution in [-0.2, 0) is 4.79 Å². The number of benzene rings is 2. The molecule has 3 rings (SSSR count). The summed E-state index contributed by atoms with van der Waals surface area (Å²) in [6.07, 6.45) is 0. The average Bonchev–Trinajstić information content (AvgIpc) is 3.24. The fourth-order valence-electron chi connectivity index (χ4n) is 3.27. The van der Waals surface area contributed by atoms with E-state index in [0.717, 1.165) is 41.3 Å². The zero-order valence-electron chi connectivity index (χ0n) is 19.2. The molecule has 0 unspecified atom stereocenters. The third-order valence-corrected chi connectivity index (χ3v) is 6.19. The molecule has 1 aromatic heterocycles. The van der Waals surface area contributed by atoms with Crippen molar-refractivity contribution in [2.45, 2.75) is 20.8 Å². The Morgan fingerprint density at radius 2 is 1.59 bits per heavy atom. The quantitative estimate of drug-likeness (QED) is 0.400. The molecule has 3 aromatic rings. The summed E-state index contributed by atoms with van der Waals surface area (Å²) >= 11 is 1.48. The number of rotatable bonds is 12. The molecule has 0 atom stereocenters. The van der Waals surface area contributed by atoms with Crippen LogP contribution in [0.3, 0.4) is 0 Å². The molecule has 0 aliphatic heterocycles. The van der Waals surface area contributed by atoms with Crippen LogP contribution in [0, 0.1) is 0 Å². The first kappa shape index (κ1) is 23.8. The first-order chi connectivity index (χ1) is 15.6. The Morgan fingerprint density at radius 1 is 0.938 bits per heavy atom. The number of fused-ring (bicyclic) bond motifs is 1. The Morgan fingerprint density at radius 3 is 2.22 bits per heavy atom. The van der Waals surface area contributed by atoms with E-state index in [1.165, 1.54) is 11.3 Å². The third-order valence-electron chi connectivity index (χ3n) is 5.15. The van der Waals surface area contributed by atoms with Crippen LogP contribution in [0.4, 0.5) is 5.13 Å². The van der Waals surface area contributed by atoms with Crippen LogP contribution in [0.1, 0.15) is 20.8 Å². The lowest BCUT2D eigenvalue weighted by atomic mass is 10.3. The number of amides is 1. The Bertz CT molecular complexity index is 1000. The summed E-state index contributed by atoms with van der Waals surface area (Å²) < 4.78 is 17.5. The largest absolute Gasteiger partial charge is 0.497 e. The maximum absolute atomic E-state index is 13.2. The van der Waals surface area contributed by atoms with Gasteiger partial charge in [0.05, 0.1) is 23.9 Å². The summed E-state index contributed by atoms with van der Waals surface area (Å²) in [6.45, 7) is 9.89. The summed E-state index contributed by atoms with van der Waals surface area (Å²) in [7, 11) is 1.64. The highest BCUT2D eigenvalue weighted by atomic mass is 32.1. The highest BCUT2D eigenvalue weighted by Crippen LogP contribution is 2.31. The lowest BCUT2D eigenvalue weighted by molar-refractivity contribution is -0.120. The van der Waals surface area contributed by atoms with Gasteiger partial charge in [0.1, 0.15) is 17.2 Å². The van der Waals surface area contributed by atoms with Crippen molar-refractivity contribution in [2.75, 3.05) is 51.4 Å². The molecule has 0 spiro atoms. The van der Waals surface area contributed by atoms with Crippen LogP contribution < -0.4 is 19.1 Å². The second-order valence-corrected chi connectivity index (χ2v) is 8.10. The predicted octanol–water partition coefficient (Wildman–Crippen LogP) is 4.46. The second kappa shape index (κ2) is 11.7. The molecule has 1 heterocycles. The summed E-state index contributed by atoms with van der Waals surface area (Å²) in [5, 5.41) is 0.667. The number of nitrogens with zero attached hydrogens (tertiary/aromatic N) is 3. The van der Waals surface area contributed by atoms with Crippen molar-refractivity contribution >= 4 is 32.6 Å². The van der Waals surface area contributed by atoms with Crippen molar-refractivity contribution in [1.82, 2.24) is 9.88 Å². The van der Waals surface area contributed by atoms with E-state index in [0.29, 0.717) is 24.0 Å². The molecule has 7 nitrogen and oxygen atoms in total. The first-order valence-electron chi connectivity index (χ1n) is 10.9. The molecule has 0 N–H and O–H groups in total. The number of methoxy groups -OCH3 is 1. The SMILES string of the molecule is CCOc1ccc(OCC(=O)N(CCN(CC)CC)c2nc3ccc(OC)cc3s2)cc1. The van der Waals surface area contributed by atoms with Crippen LogP contribution in [0.15, 0.2) is 42.5 Å². The van der Waals surface area contributed by atoms with Gasteiger partial charge in [-0.2, -0.15) is 0 Å². The molecule has 0 fully saturated rings. The van der Waals surface area contributed by atoms with E-state index >= 15 is 0 Å². The molecule has 0 bridgehead atoms. The monoisotopic (exact) mass is 457 g/mol. The van der Waals surface area contributed by atoms with Crippen LogP contribution in [0.5, 0.6) is 17.2 Å². The minimum absolute atomic E-state index is 0.0640. The lowest BCUT2D eigenvalue weighted by Gasteiger charge is -2.24. The third kappa shape index (κ3) is 6.11. The molecule has 0 saturated heterocycles. The number of hydrogen-bond acceptors (Lipinski definition) is 7. The van der Waals surface area contributed by atoms with Crippen molar-refractivity contribution in [1.29, 1.82) is 0 Å². The van der Waals surface area contributed by atoms with Gasteiger partial charge in [-0.1, -0.05) is 25.2 Å².